The molecule has 3 nitrogen and oxygen atoms in total. The first-order valence-electron chi connectivity index (χ1n) is 7.68. The van der Waals surface area contributed by atoms with Gasteiger partial charge in [-0.1, -0.05) is 24.3 Å². The molecule has 22 heavy (non-hydrogen) atoms. The highest BCUT2D eigenvalue weighted by Gasteiger charge is 2.37. The summed E-state index contributed by atoms with van der Waals surface area (Å²) in [4.78, 5) is 12.0. The van der Waals surface area contributed by atoms with Crippen molar-refractivity contribution in [2.24, 2.45) is 0 Å². The number of ketones is 1. The Labute approximate surface area is 131 Å². The van der Waals surface area contributed by atoms with E-state index in [-0.39, 0.29) is 5.78 Å². The Bertz CT molecular complexity index is 681. The van der Waals surface area contributed by atoms with Crippen LogP contribution in [0.1, 0.15) is 24.5 Å². The van der Waals surface area contributed by atoms with Crippen LogP contribution in [-0.4, -0.2) is 18.4 Å². The number of hydrogen-bond acceptors (Lipinski definition) is 3. The summed E-state index contributed by atoms with van der Waals surface area (Å²) in [5, 5.41) is 3.23. The van der Waals surface area contributed by atoms with Crippen LogP contribution in [0.15, 0.2) is 48.5 Å². The predicted molar refractivity (Wildman–Crippen MR) is 87.5 cm³/mol. The lowest BCUT2D eigenvalue weighted by molar-refractivity contribution is -0.123. The Morgan fingerprint density at radius 2 is 1.86 bits per heavy atom. The lowest BCUT2D eigenvalue weighted by Crippen LogP contribution is -2.53. The molecule has 3 rings (SSSR count). The van der Waals surface area contributed by atoms with E-state index in [1.165, 1.54) is 11.1 Å². The van der Waals surface area contributed by atoms with Crippen molar-refractivity contribution in [1.82, 2.24) is 5.32 Å². The second-order valence-electron chi connectivity index (χ2n) is 5.91. The summed E-state index contributed by atoms with van der Waals surface area (Å²) in [6.45, 7) is 1.67. The first-order chi connectivity index (χ1) is 10.6. The zero-order chi connectivity index (χ0) is 15.6. The highest BCUT2D eigenvalue weighted by molar-refractivity contribution is 5.87. The molecular weight excluding hydrogens is 274 g/mol. The Morgan fingerprint density at radius 1 is 1.09 bits per heavy atom. The number of carbonyl (C=O) groups excluding carboxylic acids is 1. The van der Waals surface area contributed by atoms with E-state index >= 15 is 0 Å². The van der Waals surface area contributed by atoms with Crippen LogP contribution in [0.4, 0.5) is 0 Å². The van der Waals surface area contributed by atoms with Crippen molar-refractivity contribution in [3.05, 3.63) is 59.7 Å². The number of para-hydroxylation sites is 1. The minimum Gasteiger partial charge on any atom is -0.457 e. The first kappa shape index (κ1) is 14.8. The summed E-state index contributed by atoms with van der Waals surface area (Å²) in [7, 11) is 1.87. The van der Waals surface area contributed by atoms with Crippen LogP contribution in [-0.2, 0) is 17.6 Å². The van der Waals surface area contributed by atoms with E-state index in [9.17, 15) is 4.79 Å². The van der Waals surface area contributed by atoms with E-state index in [4.69, 9.17) is 4.74 Å². The molecular formula is C19H21NO2. The number of nitrogens with one attached hydrogen (secondary N) is 1. The maximum absolute atomic E-state index is 12.0. The van der Waals surface area contributed by atoms with Crippen LogP contribution < -0.4 is 10.1 Å². The quantitative estimate of drug-likeness (QED) is 0.938. The molecule has 1 N–H and O–H groups in total. The van der Waals surface area contributed by atoms with Gasteiger partial charge >= 0.3 is 0 Å². The predicted octanol–water partition coefficient (Wildman–Crippen LogP) is 3.51. The second-order valence-corrected chi connectivity index (χ2v) is 5.91. The summed E-state index contributed by atoms with van der Waals surface area (Å²) in [5.74, 6) is 1.90. The van der Waals surface area contributed by atoms with Crippen LogP contribution in [0.5, 0.6) is 11.5 Å². The monoisotopic (exact) mass is 295 g/mol. The maximum atomic E-state index is 12.0. The number of rotatable bonds is 4. The molecule has 0 spiro atoms. The molecule has 3 heteroatoms. The summed E-state index contributed by atoms with van der Waals surface area (Å²) >= 11 is 0. The Balaban J connectivity index is 1.83. The van der Waals surface area contributed by atoms with Gasteiger partial charge in [0.1, 0.15) is 17.3 Å². The molecule has 0 aliphatic heterocycles. The van der Waals surface area contributed by atoms with E-state index in [0.29, 0.717) is 0 Å². The SMILES string of the molecule is CNC1(C(C)=O)CCc2cc(Oc3ccccc3)ccc2C1. The normalized spacial score (nSPS) is 20.3. The highest BCUT2D eigenvalue weighted by Crippen LogP contribution is 2.32. The van der Waals surface area contributed by atoms with Crippen molar-refractivity contribution in [1.29, 1.82) is 0 Å². The first-order valence-corrected chi connectivity index (χ1v) is 7.68. The van der Waals surface area contributed by atoms with Gasteiger partial charge in [0, 0.05) is 0 Å². The fraction of sp³-hybridized carbons (Fsp3) is 0.316. The third kappa shape index (κ3) is 2.77. The molecule has 1 unspecified atom stereocenters. The largest absolute Gasteiger partial charge is 0.457 e. The van der Waals surface area contributed by atoms with Gasteiger partial charge in [-0.05, 0) is 68.6 Å². The molecule has 1 aliphatic carbocycles. The van der Waals surface area contributed by atoms with Gasteiger partial charge in [-0.25, -0.2) is 0 Å². The molecule has 114 valence electrons. The van der Waals surface area contributed by atoms with E-state index in [1.54, 1.807) is 6.92 Å². The molecule has 0 amide bonds. The molecule has 0 heterocycles. The molecule has 0 radical (unpaired) electrons. The lowest BCUT2D eigenvalue weighted by Gasteiger charge is -2.36. The van der Waals surface area contributed by atoms with Crippen LogP contribution in [0.3, 0.4) is 0 Å². The number of ether oxygens (including phenoxy) is 1. The number of likely N-dealkylation sites (N-methyl/N-ethyl adjacent to an activating group) is 1. The molecule has 2 aromatic carbocycles. The van der Waals surface area contributed by atoms with Crippen molar-refractivity contribution in [3.63, 3.8) is 0 Å². The van der Waals surface area contributed by atoms with Crippen LogP contribution in [0.25, 0.3) is 0 Å². The van der Waals surface area contributed by atoms with Crippen molar-refractivity contribution in [3.8, 4) is 11.5 Å². The van der Waals surface area contributed by atoms with Crippen molar-refractivity contribution in [2.75, 3.05) is 7.05 Å². The summed E-state index contributed by atoms with van der Waals surface area (Å²) in [6, 6.07) is 16.0. The standard InChI is InChI=1S/C19H21NO2/c1-14(21)19(20-2)11-10-15-12-18(9-8-16(15)13-19)22-17-6-4-3-5-7-17/h3-9,12,20H,10-11,13H2,1-2H3. The zero-order valence-corrected chi connectivity index (χ0v) is 13.1. The van der Waals surface area contributed by atoms with Gasteiger partial charge in [0.15, 0.2) is 0 Å². The van der Waals surface area contributed by atoms with E-state index in [0.717, 1.165) is 30.8 Å². The topological polar surface area (TPSA) is 38.3 Å². The minimum absolute atomic E-state index is 0.213. The van der Waals surface area contributed by atoms with Gasteiger partial charge in [-0.3, -0.25) is 4.79 Å². The number of fused-ring (bicyclic) bond motifs is 1. The number of hydrogen-bond donors (Lipinski definition) is 1. The van der Waals surface area contributed by atoms with E-state index in [1.807, 2.05) is 43.4 Å². The zero-order valence-electron chi connectivity index (χ0n) is 13.1. The minimum atomic E-state index is -0.408. The fourth-order valence-corrected chi connectivity index (χ4v) is 3.15. The fourth-order valence-electron chi connectivity index (χ4n) is 3.15. The number of benzene rings is 2. The number of aryl methyl sites for hydroxylation is 1. The van der Waals surface area contributed by atoms with Gasteiger partial charge in [0.2, 0.25) is 0 Å². The van der Waals surface area contributed by atoms with Crippen LogP contribution in [0.2, 0.25) is 0 Å². The molecule has 1 atom stereocenters. The third-order valence-corrected chi connectivity index (χ3v) is 4.62. The van der Waals surface area contributed by atoms with Gasteiger partial charge in [-0.15, -0.1) is 0 Å². The van der Waals surface area contributed by atoms with Crippen LogP contribution in [0, 0.1) is 0 Å². The summed E-state index contributed by atoms with van der Waals surface area (Å²) in [5.41, 5.74) is 2.10. The average Bonchev–Trinajstić information content (AvgIpc) is 2.55. The van der Waals surface area contributed by atoms with Crippen molar-refractivity contribution < 1.29 is 9.53 Å². The number of Topliss-reactive ketones (excluding diaryl/α,β-unsaturated/α-hetero) is 1. The second kappa shape index (κ2) is 5.93. The van der Waals surface area contributed by atoms with Gasteiger partial charge in [-0.2, -0.15) is 0 Å². The summed E-state index contributed by atoms with van der Waals surface area (Å²) < 4.78 is 5.89. The van der Waals surface area contributed by atoms with Crippen molar-refractivity contribution >= 4 is 5.78 Å². The maximum Gasteiger partial charge on any atom is 0.150 e. The summed E-state index contributed by atoms with van der Waals surface area (Å²) in [6.07, 6.45) is 2.47. The van der Waals surface area contributed by atoms with Gasteiger partial charge in [0.05, 0.1) is 5.54 Å². The molecule has 0 bridgehead atoms. The molecule has 2 aromatic rings. The molecule has 0 saturated heterocycles. The molecule has 1 aliphatic rings. The number of carbonyl (C=O) groups is 1. The highest BCUT2D eigenvalue weighted by atomic mass is 16.5. The van der Waals surface area contributed by atoms with E-state index in [2.05, 4.69) is 17.4 Å². The Hall–Kier alpha value is -2.13. The van der Waals surface area contributed by atoms with Gasteiger partial charge in [0.25, 0.3) is 0 Å². The Kier molecular flexibility index (Phi) is 3.99. The average molecular weight is 295 g/mol. The van der Waals surface area contributed by atoms with E-state index < -0.39 is 5.54 Å². The van der Waals surface area contributed by atoms with Crippen molar-refractivity contribution in [2.45, 2.75) is 31.7 Å². The smallest absolute Gasteiger partial charge is 0.150 e. The van der Waals surface area contributed by atoms with Gasteiger partial charge < -0.3 is 10.1 Å². The molecule has 0 aromatic heterocycles. The molecule has 0 saturated carbocycles. The third-order valence-electron chi connectivity index (χ3n) is 4.62. The molecule has 0 fully saturated rings. The Morgan fingerprint density at radius 3 is 2.55 bits per heavy atom. The lowest BCUT2D eigenvalue weighted by atomic mass is 9.76. The van der Waals surface area contributed by atoms with Crippen LogP contribution >= 0.6 is 0 Å².